The second kappa shape index (κ2) is 7.80. The van der Waals surface area contributed by atoms with Crippen LogP contribution in [0.4, 0.5) is 0 Å². The van der Waals surface area contributed by atoms with Crippen LogP contribution in [0.25, 0.3) is 0 Å². The van der Waals surface area contributed by atoms with Gasteiger partial charge in [0.1, 0.15) is 0 Å². The van der Waals surface area contributed by atoms with Gasteiger partial charge in [-0.1, -0.05) is 57.9 Å². The zero-order valence-electron chi connectivity index (χ0n) is 13.2. The molecule has 112 valence electrons. The molecule has 1 aromatic carbocycles. The highest BCUT2D eigenvalue weighted by atomic mass is 16.5. The lowest BCUT2D eigenvalue weighted by atomic mass is 9.88. The fourth-order valence-electron chi connectivity index (χ4n) is 2.81. The van der Waals surface area contributed by atoms with E-state index >= 15 is 0 Å². The molecule has 0 bridgehead atoms. The number of benzene rings is 1. The Bertz CT molecular complexity index is 385. The first-order chi connectivity index (χ1) is 9.65. The third-order valence-corrected chi connectivity index (χ3v) is 4.23. The largest absolute Gasteiger partial charge is 0.373 e. The van der Waals surface area contributed by atoms with Gasteiger partial charge < -0.3 is 10.1 Å². The number of ether oxygens (including phenoxy) is 1. The van der Waals surface area contributed by atoms with Crippen LogP contribution in [0.5, 0.6) is 0 Å². The Hall–Kier alpha value is -0.860. The van der Waals surface area contributed by atoms with Gasteiger partial charge in [0.2, 0.25) is 0 Å². The van der Waals surface area contributed by atoms with Crippen molar-refractivity contribution in [1.29, 1.82) is 0 Å². The molecule has 1 fully saturated rings. The van der Waals surface area contributed by atoms with Crippen LogP contribution in [-0.2, 0) is 17.9 Å². The van der Waals surface area contributed by atoms with Crippen LogP contribution < -0.4 is 5.32 Å². The number of hydrogen-bond donors (Lipinski definition) is 1. The molecule has 1 aromatic rings. The molecule has 1 saturated carbocycles. The van der Waals surface area contributed by atoms with E-state index in [9.17, 15) is 0 Å². The van der Waals surface area contributed by atoms with Crippen molar-refractivity contribution in [2.75, 3.05) is 0 Å². The Labute approximate surface area is 123 Å². The van der Waals surface area contributed by atoms with Gasteiger partial charge in [-0.3, -0.25) is 0 Å². The van der Waals surface area contributed by atoms with Gasteiger partial charge in [-0.25, -0.2) is 0 Å². The summed E-state index contributed by atoms with van der Waals surface area (Å²) >= 11 is 0. The molecule has 2 heteroatoms. The second-order valence-electron chi connectivity index (χ2n) is 6.46. The minimum atomic E-state index is 0.464. The van der Waals surface area contributed by atoms with Crippen molar-refractivity contribution in [3.05, 3.63) is 35.4 Å². The van der Waals surface area contributed by atoms with Crippen molar-refractivity contribution < 1.29 is 4.74 Å². The van der Waals surface area contributed by atoms with Crippen molar-refractivity contribution in [2.45, 2.75) is 71.8 Å². The zero-order chi connectivity index (χ0) is 14.4. The molecule has 0 aliphatic heterocycles. The third-order valence-electron chi connectivity index (χ3n) is 4.23. The summed E-state index contributed by atoms with van der Waals surface area (Å²) in [5, 5.41) is 3.44. The summed E-state index contributed by atoms with van der Waals surface area (Å²) in [6.45, 7) is 8.37. The van der Waals surface area contributed by atoms with Crippen LogP contribution >= 0.6 is 0 Å². The number of rotatable bonds is 6. The Morgan fingerprint density at radius 3 is 2.40 bits per heavy atom. The van der Waals surface area contributed by atoms with Gasteiger partial charge in [0.15, 0.2) is 0 Å². The molecule has 2 nitrogen and oxygen atoms in total. The van der Waals surface area contributed by atoms with E-state index in [4.69, 9.17) is 4.74 Å². The molecule has 2 rings (SSSR count). The lowest BCUT2D eigenvalue weighted by Gasteiger charge is -2.28. The van der Waals surface area contributed by atoms with Crippen molar-refractivity contribution in [3.8, 4) is 0 Å². The Balaban J connectivity index is 1.78. The Morgan fingerprint density at radius 2 is 1.75 bits per heavy atom. The summed E-state index contributed by atoms with van der Waals surface area (Å²) in [6, 6.07) is 9.35. The van der Waals surface area contributed by atoms with Crippen molar-refractivity contribution in [1.82, 2.24) is 5.32 Å². The Kier molecular flexibility index (Phi) is 6.06. The predicted molar refractivity (Wildman–Crippen MR) is 84.6 cm³/mol. The molecular formula is C18H29NO. The average molecular weight is 275 g/mol. The lowest BCUT2D eigenvalue weighted by molar-refractivity contribution is -0.0154. The van der Waals surface area contributed by atoms with Gasteiger partial charge in [-0.2, -0.15) is 0 Å². The average Bonchev–Trinajstić information content (AvgIpc) is 2.45. The molecule has 2 unspecified atom stereocenters. The molecule has 1 aliphatic carbocycles. The van der Waals surface area contributed by atoms with Gasteiger partial charge in [-0.15, -0.1) is 0 Å². The van der Waals surface area contributed by atoms with E-state index in [0.717, 1.165) is 19.1 Å². The molecule has 0 aromatic heterocycles. The van der Waals surface area contributed by atoms with Crippen LogP contribution in [0.1, 0.15) is 57.6 Å². The summed E-state index contributed by atoms with van der Waals surface area (Å²) in [5.41, 5.74) is 2.63. The van der Waals surface area contributed by atoms with E-state index in [2.05, 4.69) is 50.4 Å². The fraction of sp³-hybridized carbons (Fsp3) is 0.667. The molecular weight excluding hydrogens is 246 g/mol. The first kappa shape index (κ1) is 15.5. The van der Waals surface area contributed by atoms with Gasteiger partial charge in [-0.05, 0) is 29.9 Å². The number of hydrogen-bond acceptors (Lipinski definition) is 2. The van der Waals surface area contributed by atoms with Crippen LogP contribution in [0.2, 0.25) is 0 Å². The van der Waals surface area contributed by atoms with E-state index in [1.54, 1.807) is 0 Å². The third kappa shape index (κ3) is 4.92. The molecule has 1 N–H and O–H groups in total. The molecule has 0 radical (unpaired) electrons. The normalized spacial score (nSPS) is 23.2. The summed E-state index contributed by atoms with van der Waals surface area (Å²) in [6.07, 6.45) is 5.72. The first-order valence-corrected chi connectivity index (χ1v) is 8.08. The zero-order valence-corrected chi connectivity index (χ0v) is 13.2. The smallest absolute Gasteiger partial charge is 0.0720 e. The quantitative estimate of drug-likeness (QED) is 0.836. The van der Waals surface area contributed by atoms with E-state index in [1.807, 2.05) is 0 Å². The van der Waals surface area contributed by atoms with Gasteiger partial charge in [0.05, 0.1) is 12.7 Å². The number of nitrogens with one attached hydrogen (secondary N) is 1. The minimum absolute atomic E-state index is 0.464. The van der Waals surface area contributed by atoms with Crippen molar-refractivity contribution in [2.24, 2.45) is 5.92 Å². The van der Waals surface area contributed by atoms with Gasteiger partial charge >= 0.3 is 0 Å². The van der Waals surface area contributed by atoms with Crippen molar-refractivity contribution >= 4 is 0 Å². The van der Waals surface area contributed by atoms with Crippen LogP contribution in [0.3, 0.4) is 0 Å². The van der Waals surface area contributed by atoms with Gasteiger partial charge in [0, 0.05) is 12.6 Å². The SMILES string of the molecule is CC(C)NCc1ccc(COC2CCCCC2C)cc1. The summed E-state index contributed by atoms with van der Waals surface area (Å²) < 4.78 is 6.10. The molecule has 0 saturated heterocycles. The summed E-state index contributed by atoms with van der Waals surface area (Å²) in [4.78, 5) is 0. The van der Waals surface area contributed by atoms with E-state index < -0.39 is 0 Å². The van der Waals surface area contributed by atoms with Crippen LogP contribution in [-0.4, -0.2) is 12.1 Å². The maximum atomic E-state index is 6.10. The highest BCUT2D eigenvalue weighted by Gasteiger charge is 2.21. The standard InChI is InChI=1S/C18H29NO/c1-14(2)19-12-16-8-10-17(11-9-16)13-20-18-7-5-4-6-15(18)3/h8-11,14-15,18-19H,4-7,12-13H2,1-3H3. The van der Waals surface area contributed by atoms with E-state index in [1.165, 1.54) is 36.8 Å². The molecule has 0 heterocycles. The molecule has 0 amide bonds. The molecule has 0 spiro atoms. The highest BCUT2D eigenvalue weighted by Crippen LogP contribution is 2.27. The fourth-order valence-corrected chi connectivity index (χ4v) is 2.81. The molecule has 1 aliphatic rings. The topological polar surface area (TPSA) is 21.3 Å². The minimum Gasteiger partial charge on any atom is -0.373 e. The maximum Gasteiger partial charge on any atom is 0.0720 e. The van der Waals surface area contributed by atoms with Crippen LogP contribution in [0, 0.1) is 5.92 Å². The molecule has 20 heavy (non-hydrogen) atoms. The summed E-state index contributed by atoms with van der Waals surface area (Å²) in [7, 11) is 0. The lowest BCUT2D eigenvalue weighted by Crippen LogP contribution is -2.25. The summed E-state index contributed by atoms with van der Waals surface area (Å²) in [5.74, 6) is 0.721. The first-order valence-electron chi connectivity index (χ1n) is 8.08. The predicted octanol–water partition coefficient (Wildman–Crippen LogP) is 4.28. The van der Waals surface area contributed by atoms with E-state index in [0.29, 0.717) is 12.1 Å². The van der Waals surface area contributed by atoms with Gasteiger partial charge in [0.25, 0.3) is 0 Å². The maximum absolute atomic E-state index is 6.10. The second-order valence-corrected chi connectivity index (χ2v) is 6.46. The Morgan fingerprint density at radius 1 is 1.10 bits per heavy atom. The monoisotopic (exact) mass is 275 g/mol. The van der Waals surface area contributed by atoms with E-state index in [-0.39, 0.29) is 0 Å². The highest BCUT2D eigenvalue weighted by molar-refractivity contribution is 5.22. The van der Waals surface area contributed by atoms with Crippen LogP contribution in [0.15, 0.2) is 24.3 Å². The van der Waals surface area contributed by atoms with Crippen molar-refractivity contribution in [3.63, 3.8) is 0 Å². The molecule has 2 atom stereocenters.